The Bertz CT molecular complexity index is 271. The van der Waals surface area contributed by atoms with Gasteiger partial charge in [-0.25, -0.2) is 0 Å². The zero-order valence-electron chi connectivity index (χ0n) is 14.0. The molecule has 1 atom stereocenters. The maximum atomic E-state index is 4.10. The van der Waals surface area contributed by atoms with Crippen LogP contribution in [0.15, 0.2) is 0 Å². The predicted molar refractivity (Wildman–Crippen MR) is 90.7 cm³/mol. The molecular formula is C19H36N2. The molecule has 122 valence electrons. The van der Waals surface area contributed by atoms with Gasteiger partial charge >= 0.3 is 0 Å². The van der Waals surface area contributed by atoms with Crippen molar-refractivity contribution in [2.24, 2.45) is 5.92 Å². The molecule has 2 heteroatoms. The Morgan fingerprint density at radius 2 is 1.14 bits per heavy atom. The number of rotatable bonds is 2. The van der Waals surface area contributed by atoms with Crippen molar-refractivity contribution in [1.82, 2.24) is 10.2 Å². The van der Waals surface area contributed by atoms with Crippen molar-refractivity contribution in [3.63, 3.8) is 0 Å². The van der Waals surface area contributed by atoms with Crippen LogP contribution in [-0.4, -0.2) is 36.6 Å². The van der Waals surface area contributed by atoms with Crippen molar-refractivity contribution in [1.29, 1.82) is 0 Å². The van der Waals surface area contributed by atoms with Crippen LogP contribution in [0.5, 0.6) is 0 Å². The Hall–Kier alpha value is -0.0800. The summed E-state index contributed by atoms with van der Waals surface area (Å²) in [5, 5.41) is 4.10. The fraction of sp³-hybridized carbons (Fsp3) is 1.00. The summed E-state index contributed by atoms with van der Waals surface area (Å²) >= 11 is 0. The van der Waals surface area contributed by atoms with Crippen molar-refractivity contribution >= 4 is 0 Å². The lowest BCUT2D eigenvalue weighted by atomic mass is 9.83. The molecule has 0 aromatic carbocycles. The van der Waals surface area contributed by atoms with Gasteiger partial charge in [0.2, 0.25) is 0 Å². The molecule has 2 nitrogen and oxygen atoms in total. The number of hydrogen-bond acceptors (Lipinski definition) is 2. The van der Waals surface area contributed by atoms with E-state index in [2.05, 4.69) is 10.2 Å². The van der Waals surface area contributed by atoms with Crippen LogP contribution in [0, 0.1) is 5.92 Å². The number of nitrogens with zero attached hydrogens (tertiary/aromatic N) is 1. The van der Waals surface area contributed by atoms with Gasteiger partial charge in [0, 0.05) is 18.6 Å². The maximum absolute atomic E-state index is 4.10. The third-order valence-electron chi connectivity index (χ3n) is 6.21. The van der Waals surface area contributed by atoms with Crippen LogP contribution in [0.3, 0.4) is 0 Å². The highest BCUT2D eigenvalue weighted by atomic mass is 15.2. The number of fused-ring (bicyclic) bond motifs is 3. The van der Waals surface area contributed by atoms with E-state index >= 15 is 0 Å². The number of piperidine rings is 3. The monoisotopic (exact) mass is 292 g/mol. The first-order valence-corrected chi connectivity index (χ1v) is 9.90. The van der Waals surface area contributed by atoms with Gasteiger partial charge in [0.1, 0.15) is 0 Å². The molecule has 4 rings (SSSR count). The van der Waals surface area contributed by atoms with E-state index in [-0.39, 0.29) is 0 Å². The molecule has 1 unspecified atom stereocenters. The first kappa shape index (κ1) is 15.8. The molecule has 0 amide bonds. The molecule has 4 aliphatic rings. The highest BCUT2D eigenvalue weighted by Gasteiger charge is 2.34. The molecule has 1 N–H and O–H groups in total. The van der Waals surface area contributed by atoms with E-state index in [0.717, 1.165) is 18.0 Å². The molecule has 2 bridgehead atoms. The van der Waals surface area contributed by atoms with E-state index in [1.54, 1.807) is 0 Å². The van der Waals surface area contributed by atoms with Gasteiger partial charge < -0.3 is 10.2 Å². The average Bonchev–Trinajstić information content (AvgIpc) is 2.51. The zero-order chi connectivity index (χ0) is 14.3. The summed E-state index contributed by atoms with van der Waals surface area (Å²) < 4.78 is 0. The van der Waals surface area contributed by atoms with Gasteiger partial charge in [0.05, 0.1) is 0 Å². The largest absolute Gasteiger partial charge is 0.310 e. The molecule has 0 aromatic heterocycles. The van der Waals surface area contributed by atoms with Crippen LogP contribution in [0.25, 0.3) is 0 Å². The second kappa shape index (κ2) is 8.53. The smallest absolute Gasteiger partial charge is 0.0226 e. The molecule has 0 spiro atoms. The van der Waals surface area contributed by atoms with E-state index in [1.165, 1.54) is 103 Å². The maximum Gasteiger partial charge on any atom is 0.0226 e. The van der Waals surface area contributed by atoms with Gasteiger partial charge in [0.15, 0.2) is 0 Å². The van der Waals surface area contributed by atoms with Gasteiger partial charge in [-0.1, -0.05) is 57.8 Å². The van der Waals surface area contributed by atoms with Crippen molar-refractivity contribution < 1.29 is 0 Å². The predicted octanol–water partition coefficient (Wildman–Crippen LogP) is 4.34. The van der Waals surface area contributed by atoms with Gasteiger partial charge in [-0.3, -0.25) is 0 Å². The molecule has 1 saturated carbocycles. The second-order valence-corrected chi connectivity index (χ2v) is 7.87. The van der Waals surface area contributed by atoms with Gasteiger partial charge in [-0.15, -0.1) is 0 Å². The van der Waals surface area contributed by atoms with Crippen molar-refractivity contribution in [2.75, 3.05) is 19.6 Å². The van der Waals surface area contributed by atoms with Gasteiger partial charge in [0.25, 0.3) is 0 Å². The lowest BCUT2D eigenvalue weighted by Gasteiger charge is -2.46. The fourth-order valence-corrected chi connectivity index (χ4v) is 4.79. The van der Waals surface area contributed by atoms with Crippen LogP contribution in [0.2, 0.25) is 0 Å². The summed E-state index contributed by atoms with van der Waals surface area (Å²) in [6.07, 6.45) is 19.0. The summed E-state index contributed by atoms with van der Waals surface area (Å²) in [6, 6.07) is 1.63. The lowest BCUT2D eigenvalue weighted by Crippen LogP contribution is -2.58. The topological polar surface area (TPSA) is 15.3 Å². The Morgan fingerprint density at radius 3 is 1.62 bits per heavy atom. The van der Waals surface area contributed by atoms with Crippen molar-refractivity contribution in [3.05, 3.63) is 0 Å². The van der Waals surface area contributed by atoms with Crippen LogP contribution in [0.1, 0.15) is 83.5 Å². The SMILES string of the molecule is C1CCCCCC(NC2CN3CCC2CC3)CCCCC1. The first-order chi connectivity index (χ1) is 10.4. The Balaban J connectivity index is 1.46. The highest BCUT2D eigenvalue weighted by Crippen LogP contribution is 2.28. The third-order valence-corrected chi connectivity index (χ3v) is 6.21. The summed E-state index contributed by atoms with van der Waals surface area (Å²) in [4.78, 5) is 2.69. The standard InChI is InChI=1S/C19H36N2/c1-2-4-6-8-10-18(11-9-7-5-3-1)20-19-16-21-14-12-17(19)13-15-21/h17-20H,1-16H2. The molecule has 0 aromatic rings. The molecule has 21 heavy (non-hydrogen) atoms. The molecular weight excluding hydrogens is 256 g/mol. The highest BCUT2D eigenvalue weighted by molar-refractivity contribution is 4.92. The van der Waals surface area contributed by atoms with Crippen molar-refractivity contribution in [3.8, 4) is 0 Å². The minimum atomic E-state index is 0.811. The minimum Gasteiger partial charge on any atom is -0.310 e. The molecule has 0 radical (unpaired) electrons. The summed E-state index contributed by atoms with van der Waals surface area (Å²) in [5.41, 5.74) is 0. The van der Waals surface area contributed by atoms with Gasteiger partial charge in [-0.05, 0) is 44.7 Å². The molecule has 3 saturated heterocycles. The third kappa shape index (κ3) is 4.96. The molecule has 3 heterocycles. The quantitative estimate of drug-likeness (QED) is 0.814. The lowest BCUT2D eigenvalue weighted by molar-refractivity contribution is 0.0653. The van der Waals surface area contributed by atoms with E-state index in [0.29, 0.717) is 0 Å². The summed E-state index contributed by atoms with van der Waals surface area (Å²) in [5.74, 6) is 0.983. The van der Waals surface area contributed by atoms with E-state index in [9.17, 15) is 0 Å². The zero-order valence-corrected chi connectivity index (χ0v) is 14.0. The fourth-order valence-electron chi connectivity index (χ4n) is 4.79. The average molecular weight is 293 g/mol. The normalized spacial score (nSPS) is 36.9. The molecule has 4 fully saturated rings. The van der Waals surface area contributed by atoms with E-state index in [1.807, 2.05) is 0 Å². The summed E-state index contributed by atoms with van der Waals surface area (Å²) in [6.45, 7) is 4.07. The molecule has 1 aliphatic carbocycles. The molecule has 3 aliphatic heterocycles. The Morgan fingerprint density at radius 1 is 0.619 bits per heavy atom. The van der Waals surface area contributed by atoms with Crippen LogP contribution in [0.4, 0.5) is 0 Å². The van der Waals surface area contributed by atoms with Crippen LogP contribution < -0.4 is 5.32 Å². The van der Waals surface area contributed by atoms with E-state index in [4.69, 9.17) is 0 Å². The Labute approximate surface area is 132 Å². The number of nitrogens with one attached hydrogen (secondary N) is 1. The van der Waals surface area contributed by atoms with Crippen LogP contribution >= 0.6 is 0 Å². The van der Waals surface area contributed by atoms with Gasteiger partial charge in [-0.2, -0.15) is 0 Å². The van der Waals surface area contributed by atoms with E-state index < -0.39 is 0 Å². The summed E-state index contributed by atoms with van der Waals surface area (Å²) in [7, 11) is 0. The Kier molecular flexibility index (Phi) is 6.42. The van der Waals surface area contributed by atoms with Crippen molar-refractivity contribution in [2.45, 2.75) is 95.6 Å². The minimum absolute atomic E-state index is 0.811. The second-order valence-electron chi connectivity index (χ2n) is 7.87. The number of hydrogen-bond donors (Lipinski definition) is 1. The first-order valence-electron chi connectivity index (χ1n) is 9.90. The van der Waals surface area contributed by atoms with Crippen LogP contribution in [-0.2, 0) is 0 Å².